The molecular formula is C26H24ClN3O3S. The fourth-order valence-electron chi connectivity index (χ4n) is 4.76. The highest BCUT2D eigenvalue weighted by atomic mass is 35.5. The predicted molar refractivity (Wildman–Crippen MR) is 138 cm³/mol. The van der Waals surface area contributed by atoms with Crippen LogP contribution in [0.3, 0.4) is 0 Å². The summed E-state index contributed by atoms with van der Waals surface area (Å²) < 4.78 is 12.6. The van der Waals surface area contributed by atoms with Crippen LogP contribution in [0.25, 0.3) is 0 Å². The van der Waals surface area contributed by atoms with Crippen LogP contribution in [0.5, 0.6) is 11.5 Å². The van der Waals surface area contributed by atoms with Gasteiger partial charge in [-0.3, -0.25) is 9.69 Å². The standard InChI is InChI=1S/C26H24ClN3O3S/c1-3-32-20-11-7-10-19-22-21(24(31)28-17-14-12-16(27)13-15-17)26(2,33-23(19)20)30(25(34)29-22)18-8-5-4-6-9-18/h4-15,21-22H,3H2,1-2H3,(H,28,31)(H,29,34)/t21-,22-,26-/m0/s1. The molecule has 34 heavy (non-hydrogen) atoms. The van der Waals surface area contributed by atoms with Crippen molar-refractivity contribution in [2.24, 2.45) is 5.92 Å². The van der Waals surface area contributed by atoms with Crippen molar-refractivity contribution in [2.45, 2.75) is 25.6 Å². The quantitative estimate of drug-likeness (QED) is 0.455. The molecule has 0 unspecified atom stereocenters. The number of hydrogen-bond donors (Lipinski definition) is 2. The van der Waals surface area contributed by atoms with Gasteiger partial charge in [-0.15, -0.1) is 0 Å². The Morgan fingerprint density at radius 3 is 2.59 bits per heavy atom. The molecule has 5 rings (SSSR count). The number of halogens is 1. The number of hydrogen-bond acceptors (Lipinski definition) is 4. The van der Waals surface area contributed by atoms with Crippen molar-refractivity contribution in [2.75, 3.05) is 16.8 Å². The second-order valence-corrected chi connectivity index (χ2v) is 9.16. The Bertz CT molecular complexity index is 1240. The van der Waals surface area contributed by atoms with E-state index < -0.39 is 17.7 Å². The van der Waals surface area contributed by atoms with Crippen molar-refractivity contribution >= 4 is 46.2 Å². The minimum Gasteiger partial charge on any atom is -0.490 e. The van der Waals surface area contributed by atoms with E-state index in [1.165, 1.54) is 0 Å². The van der Waals surface area contributed by atoms with Crippen LogP contribution >= 0.6 is 23.8 Å². The summed E-state index contributed by atoms with van der Waals surface area (Å²) in [6, 6.07) is 22.0. The number of rotatable bonds is 5. The molecule has 0 spiro atoms. The molecule has 3 aromatic carbocycles. The Labute approximate surface area is 208 Å². The van der Waals surface area contributed by atoms with E-state index in [0.29, 0.717) is 33.9 Å². The third kappa shape index (κ3) is 3.75. The van der Waals surface area contributed by atoms with E-state index in [1.807, 2.05) is 67.3 Å². The molecule has 1 saturated heterocycles. The molecule has 174 valence electrons. The van der Waals surface area contributed by atoms with Crippen LogP contribution in [0.2, 0.25) is 5.02 Å². The van der Waals surface area contributed by atoms with Gasteiger partial charge in [0.2, 0.25) is 5.91 Å². The first-order valence-electron chi connectivity index (χ1n) is 11.1. The number of fused-ring (bicyclic) bond motifs is 4. The molecule has 2 heterocycles. The number of carbonyl (C=O) groups is 1. The summed E-state index contributed by atoms with van der Waals surface area (Å²) in [6.45, 7) is 4.32. The first kappa shape index (κ1) is 22.5. The zero-order valence-corrected chi connectivity index (χ0v) is 20.3. The summed E-state index contributed by atoms with van der Waals surface area (Å²) in [5.41, 5.74) is 1.18. The van der Waals surface area contributed by atoms with Gasteiger partial charge in [0.15, 0.2) is 22.3 Å². The van der Waals surface area contributed by atoms with Gasteiger partial charge in [-0.25, -0.2) is 0 Å². The summed E-state index contributed by atoms with van der Waals surface area (Å²) >= 11 is 11.8. The second kappa shape index (κ2) is 8.81. The normalized spacial score (nSPS) is 22.8. The molecule has 2 aliphatic rings. The Hall–Kier alpha value is -3.29. The predicted octanol–water partition coefficient (Wildman–Crippen LogP) is 5.54. The number of benzene rings is 3. The van der Waals surface area contributed by atoms with Gasteiger partial charge >= 0.3 is 0 Å². The van der Waals surface area contributed by atoms with Crippen molar-refractivity contribution in [1.29, 1.82) is 0 Å². The highest BCUT2D eigenvalue weighted by Gasteiger charge is 2.59. The summed E-state index contributed by atoms with van der Waals surface area (Å²) in [7, 11) is 0. The van der Waals surface area contributed by atoms with E-state index in [1.54, 1.807) is 24.3 Å². The summed E-state index contributed by atoms with van der Waals surface area (Å²) in [4.78, 5) is 15.7. The highest BCUT2D eigenvalue weighted by molar-refractivity contribution is 7.80. The molecule has 2 bridgehead atoms. The molecule has 2 aliphatic heterocycles. The molecule has 3 atom stereocenters. The average molecular weight is 494 g/mol. The molecule has 0 radical (unpaired) electrons. The van der Waals surface area contributed by atoms with Gasteiger partial charge in [-0.2, -0.15) is 0 Å². The Morgan fingerprint density at radius 2 is 1.88 bits per heavy atom. The van der Waals surface area contributed by atoms with Crippen LogP contribution in [-0.4, -0.2) is 23.4 Å². The highest BCUT2D eigenvalue weighted by Crippen LogP contribution is 2.52. The molecular weight excluding hydrogens is 470 g/mol. The summed E-state index contributed by atoms with van der Waals surface area (Å²) in [6.07, 6.45) is 0. The molecule has 8 heteroatoms. The van der Waals surface area contributed by atoms with Gasteiger partial charge in [-0.1, -0.05) is 41.9 Å². The lowest BCUT2D eigenvalue weighted by atomic mass is 9.78. The molecule has 3 aromatic rings. The maximum Gasteiger partial charge on any atom is 0.236 e. The van der Waals surface area contributed by atoms with Crippen molar-refractivity contribution in [3.05, 3.63) is 83.4 Å². The van der Waals surface area contributed by atoms with Crippen LogP contribution in [-0.2, 0) is 4.79 Å². The zero-order chi connectivity index (χ0) is 23.9. The third-order valence-electron chi connectivity index (χ3n) is 6.20. The van der Waals surface area contributed by atoms with E-state index >= 15 is 0 Å². The maximum atomic E-state index is 13.8. The number of carbonyl (C=O) groups excluding carboxylic acids is 1. The monoisotopic (exact) mass is 493 g/mol. The van der Waals surface area contributed by atoms with Crippen molar-refractivity contribution in [3.63, 3.8) is 0 Å². The Balaban J connectivity index is 1.63. The number of amides is 1. The fraction of sp³-hybridized carbons (Fsp3) is 0.231. The molecule has 2 N–H and O–H groups in total. The van der Waals surface area contributed by atoms with Crippen LogP contribution in [0.4, 0.5) is 11.4 Å². The van der Waals surface area contributed by atoms with Crippen molar-refractivity contribution < 1.29 is 14.3 Å². The number of nitrogens with zero attached hydrogens (tertiary/aromatic N) is 1. The largest absolute Gasteiger partial charge is 0.490 e. The lowest BCUT2D eigenvalue weighted by Gasteiger charge is -2.56. The topological polar surface area (TPSA) is 62.8 Å². The molecule has 1 fully saturated rings. The number of ether oxygens (including phenoxy) is 2. The van der Waals surface area contributed by atoms with E-state index in [4.69, 9.17) is 33.3 Å². The molecule has 0 aliphatic carbocycles. The van der Waals surface area contributed by atoms with E-state index in [0.717, 1.165) is 11.3 Å². The minimum atomic E-state index is -1.12. The van der Waals surface area contributed by atoms with Gasteiger partial charge in [0.25, 0.3) is 0 Å². The number of anilines is 2. The number of para-hydroxylation sites is 2. The second-order valence-electron chi connectivity index (χ2n) is 8.34. The van der Waals surface area contributed by atoms with Gasteiger partial charge in [0.1, 0.15) is 5.92 Å². The third-order valence-corrected chi connectivity index (χ3v) is 6.75. The van der Waals surface area contributed by atoms with Gasteiger partial charge in [0, 0.05) is 22.0 Å². The van der Waals surface area contributed by atoms with E-state index in [-0.39, 0.29) is 5.91 Å². The van der Waals surface area contributed by atoms with Crippen LogP contribution < -0.4 is 25.0 Å². The van der Waals surface area contributed by atoms with Crippen LogP contribution in [0.1, 0.15) is 25.5 Å². The van der Waals surface area contributed by atoms with E-state index in [9.17, 15) is 4.79 Å². The lowest BCUT2D eigenvalue weighted by molar-refractivity contribution is -0.130. The molecule has 0 saturated carbocycles. The van der Waals surface area contributed by atoms with Crippen LogP contribution in [0, 0.1) is 5.92 Å². The van der Waals surface area contributed by atoms with E-state index in [2.05, 4.69) is 10.6 Å². The molecule has 6 nitrogen and oxygen atoms in total. The van der Waals surface area contributed by atoms with Gasteiger partial charge in [0.05, 0.1) is 12.6 Å². The number of nitrogens with one attached hydrogen (secondary N) is 2. The van der Waals surface area contributed by atoms with Crippen molar-refractivity contribution in [1.82, 2.24) is 5.32 Å². The molecule has 1 amide bonds. The smallest absolute Gasteiger partial charge is 0.236 e. The zero-order valence-electron chi connectivity index (χ0n) is 18.7. The number of thiocarbonyl (C=S) groups is 1. The lowest BCUT2D eigenvalue weighted by Crippen LogP contribution is -2.72. The SMILES string of the molecule is CCOc1cccc2c1O[C@@]1(C)[C@H](C(=O)Nc3ccc(Cl)cc3)[C@H]2NC(=S)N1c1ccccc1. The van der Waals surface area contributed by atoms with Gasteiger partial charge < -0.3 is 20.1 Å². The first-order chi connectivity index (χ1) is 16.4. The summed E-state index contributed by atoms with van der Waals surface area (Å²) in [5.74, 6) is 0.413. The molecule has 0 aromatic heterocycles. The van der Waals surface area contributed by atoms with Crippen molar-refractivity contribution in [3.8, 4) is 11.5 Å². The van der Waals surface area contributed by atoms with Crippen LogP contribution in [0.15, 0.2) is 72.8 Å². The first-order valence-corrected chi connectivity index (χ1v) is 11.9. The van der Waals surface area contributed by atoms with Gasteiger partial charge in [-0.05, 0) is 68.5 Å². The maximum absolute atomic E-state index is 13.8. The summed E-state index contributed by atoms with van der Waals surface area (Å²) in [5, 5.41) is 7.53. The Morgan fingerprint density at radius 1 is 1.15 bits per heavy atom. The minimum absolute atomic E-state index is 0.196. The fourth-order valence-corrected chi connectivity index (χ4v) is 5.30. The Kier molecular flexibility index (Phi) is 5.83. The average Bonchev–Trinajstić information content (AvgIpc) is 2.81.